The molecule has 0 saturated heterocycles. The number of carbonyl (C=O) groups excluding carboxylic acids is 2. The quantitative estimate of drug-likeness (QED) is 0.250. The number of nitrogens with one attached hydrogen (secondary N) is 1. The van der Waals surface area contributed by atoms with Gasteiger partial charge in [-0.05, 0) is 55.3 Å². The van der Waals surface area contributed by atoms with Gasteiger partial charge in [-0.1, -0.05) is 84.6 Å². The topological polar surface area (TPSA) is 57.6 Å². The van der Waals surface area contributed by atoms with Crippen LogP contribution in [0.1, 0.15) is 42.6 Å². The van der Waals surface area contributed by atoms with Crippen molar-refractivity contribution in [3.8, 4) is 5.69 Å². The third-order valence-electron chi connectivity index (χ3n) is 6.97. The summed E-state index contributed by atoms with van der Waals surface area (Å²) in [5.74, 6) is -0.177. The highest BCUT2D eigenvalue weighted by atomic mass is 35.5. The standard InChI is InChI=1S/C31H30Cl2N4O2/c1-3-4-18-35(31(39)34-24-10-7-9-23(32)29(24)33)20-28(38)37-26-12-6-5-11-25(26)36-19-8-13-27(36)30(37)22-16-14-21(2)15-17-22/h5-17,19,30H,3-4,18,20H2,1-2H3,(H,34,39). The summed E-state index contributed by atoms with van der Waals surface area (Å²) < 4.78 is 2.13. The van der Waals surface area contributed by atoms with Crippen LogP contribution in [-0.2, 0) is 4.79 Å². The number of benzene rings is 3. The van der Waals surface area contributed by atoms with Gasteiger partial charge in [0.1, 0.15) is 12.6 Å². The molecule has 1 aliphatic rings. The third kappa shape index (κ3) is 5.40. The van der Waals surface area contributed by atoms with Gasteiger partial charge in [0.2, 0.25) is 5.91 Å². The number of unbranched alkanes of at least 4 members (excludes halogenated alkanes) is 1. The van der Waals surface area contributed by atoms with E-state index in [9.17, 15) is 9.59 Å². The van der Waals surface area contributed by atoms with Crippen molar-refractivity contribution >= 4 is 46.5 Å². The van der Waals surface area contributed by atoms with E-state index in [-0.39, 0.29) is 23.5 Å². The molecule has 1 aliphatic heterocycles. The molecule has 2 heterocycles. The van der Waals surface area contributed by atoms with Crippen LogP contribution in [0.25, 0.3) is 5.69 Å². The van der Waals surface area contributed by atoms with Crippen LogP contribution in [0.5, 0.6) is 0 Å². The average Bonchev–Trinajstić information content (AvgIpc) is 3.43. The zero-order valence-corrected chi connectivity index (χ0v) is 23.4. The molecule has 8 heteroatoms. The Hall–Kier alpha value is -3.74. The number of amides is 3. The van der Waals surface area contributed by atoms with Gasteiger partial charge < -0.3 is 14.8 Å². The number of hydrogen-bond donors (Lipinski definition) is 1. The van der Waals surface area contributed by atoms with Crippen LogP contribution in [0.4, 0.5) is 16.2 Å². The van der Waals surface area contributed by atoms with Crippen LogP contribution >= 0.6 is 23.2 Å². The van der Waals surface area contributed by atoms with E-state index in [0.717, 1.165) is 41.0 Å². The average molecular weight is 562 g/mol. The van der Waals surface area contributed by atoms with E-state index in [1.54, 1.807) is 23.1 Å². The van der Waals surface area contributed by atoms with E-state index >= 15 is 0 Å². The van der Waals surface area contributed by atoms with Gasteiger partial charge in [0.25, 0.3) is 0 Å². The molecule has 1 aromatic heterocycles. The minimum Gasteiger partial charge on any atom is -0.316 e. The summed E-state index contributed by atoms with van der Waals surface area (Å²) in [6.07, 6.45) is 3.65. The van der Waals surface area contributed by atoms with Gasteiger partial charge in [-0.3, -0.25) is 9.69 Å². The Morgan fingerprint density at radius 2 is 1.67 bits per heavy atom. The van der Waals surface area contributed by atoms with Crippen molar-refractivity contribution in [2.24, 2.45) is 0 Å². The van der Waals surface area contributed by atoms with Crippen molar-refractivity contribution in [3.63, 3.8) is 0 Å². The maximum Gasteiger partial charge on any atom is 0.322 e. The van der Waals surface area contributed by atoms with Gasteiger partial charge >= 0.3 is 6.03 Å². The minimum atomic E-state index is -0.401. The van der Waals surface area contributed by atoms with Crippen molar-refractivity contribution in [3.05, 3.63) is 112 Å². The molecule has 0 fully saturated rings. The second-order valence-electron chi connectivity index (χ2n) is 9.68. The molecule has 4 aromatic rings. The Labute approximate surface area is 238 Å². The Bertz CT molecular complexity index is 1500. The second-order valence-corrected chi connectivity index (χ2v) is 10.5. The molecule has 1 unspecified atom stereocenters. The summed E-state index contributed by atoms with van der Waals surface area (Å²) in [5, 5.41) is 3.45. The fraction of sp³-hybridized carbons (Fsp3) is 0.226. The molecule has 5 rings (SSSR count). The molecule has 0 bridgehead atoms. The summed E-state index contributed by atoms with van der Waals surface area (Å²) in [5.41, 5.74) is 5.25. The zero-order valence-electron chi connectivity index (χ0n) is 21.9. The third-order valence-corrected chi connectivity index (χ3v) is 7.79. The number of nitrogens with zero attached hydrogens (tertiary/aromatic N) is 3. The predicted octanol–water partition coefficient (Wildman–Crippen LogP) is 7.86. The van der Waals surface area contributed by atoms with E-state index in [4.69, 9.17) is 23.2 Å². The molecule has 3 aromatic carbocycles. The fourth-order valence-corrected chi connectivity index (χ4v) is 5.31. The highest BCUT2D eigenvalue weighted by Gasteiger charge is 2.37. The van der Waals surface area contributed by atoms with E-state index in [0.29, 0.717) is 17.3 Å². The smallest absolute Gasteiger partial charge is 0.316 e. The summed E-state index contributed by atoms with van der Waals surface area (Å²) in [7, 11) is 0. The Morgan fingerprint density at radius 1 is 0.923 bits per heavy atom. The van der Waals surface area contributed by atoms with Crippen LogP contribution in [0, 0.1) is 6.92 Å². The molecule has 3 amide bonds. The van der Waals surface area contributed by atoms with Crippen molar-refractivity contribution < 1.29 is 9.59 Å². The molecule has 1 atom stereocenters. The predicted molar refractivity (Wildman–Crippen MR) is 158 cm³/mol. The van der Waals surface area contributed by atoms with Crippen molar-refractivity contribution in [2.45, 2.75) is 32.7 Å². The number of aryl methyl sites for hydroxylation is 1. The maximum absolute atomic E-state index is 14.2. The summed E-state index contributed by atoms with van der Waals surface area (Å²) in [4.78, 5) is 31.0. The van der Waals surface area contributed by atoms with Gasteiger partial charge in [-0.15, -0.1) is 0 Å². The minimum absolute atomic E-state index is 0.0958. The molecule has 0 aliphatic carbocycles. The van der Waals surface area contributed by atoms with E-state index < -0.39 is 6.03 Å². The maximum atomic E-state index is 14.2. The molecule has 6 nitrogen and oxygen atoms in total. The number of aromatic nitrogens is 1. The van der Waals surface area contributed by atoms with E-state index in [1.165, 1.54) is 0 Å². The Balaban J connectivity index is 1.50. The van der Waals surface area contributed by atoms with Gasteiger partial charge in [-0.25, -0.2) is 4.79 Å². The Kier molecular flexibility index (Phi) is 7.96. The van der Waals surface area contributed by atoms with E-state index in [1.807, 2.05) is 61.3 Å². The molecule has 1 N–H and O–H groups in total. The highest BCUT2D eigenvalue weighted by Crippen LogP contribution is 2.42. The number of anilines is 2. The van der Waals surface area contributed by atoms with Crippen LogP contribution in [0.3, 0.4) is 0 Å². The second kappa shape index (κ2) is 11.6. The molecule has 0 radical (unpaired) electrons. The van der Waals surface area contributed by atoms with Gasteiger partial charge in [0.15, 0.2) is 0 Å². The van der Waals surface area contributed by atoms with Gasteiger partial charge in [0, 0.05) is 12.7 Å². The van der Waals surface area contributed by atoms with E-state index in [2.05, 4.69) is 34.1 Å². The highest BCUT2D eigenvalue weighted by molar-refractivity contribution is 6.44. The molecular formula is C31H30Cl2N4O2. The lowest BCUT2D eigenvalue weighted by Gasteiger charge is -2.39. The number of halogens is 2. The molecule has 0 spiro atoms. The molecule has 0 saturated carbocycles. The summed E-state index contributed by atoms with van der Waals surface area (Å²) in [6.45, 7) is 4.42. The zero-order chi connectivity index (χ0) is 27.5. The number of hydrogen-bond acceptors (Lipinski definition) is 2. The largest absolute Gasteiger partial charge is 0.322 e. The van der Waals surface area contributed by atoms with Crippen LogP contribution in [0.15, 0.2) is 85.1 Å². The lowest BCUT2D eigenvalue weighted by atomic mass is 9.97. The molecule has 200 valence electrons. The molecule has 39 heavy (non-hydrogen) atoms. The number of para-hydroxylation sites is 2. The lowest BCUT2D eigenvalue weighted by molar-refractivity contribution is -0.119. The monoisotopic (exact) mass is 560 g/mol. The molecular weight excluding hydrogens is 531 g/mol. The van der Waals surface area contributed by atoms with Crippen LogP contribution in [0.2, 0.25) is 10.0 Å². The van der Waals surface area contributed by atoms with Crippen LogP contribution in [-0.4, -0.2) is 34.5 Å². The number of rotatable bonds is 7. The van der Waals surface area contributed by atoms with Crippen molar-refractivity contribution in [1.82, 2.24) is 9.47 Å². The summed E-state index contributed by atoms with van der Waals surface area (Å²) in [6, 6.07) is 24.5. The first-order valence-corrected chi connectivity index (χ1v) is 13.8. The van der Waals surface area contributed by atoms with Gasteiger partial charge in [0.05, 0.1) is 32.8 Å². The Morgan fingerprint density at radius 3 is 2.41 bits per heavy atom. The normalized spacial score (nSPS) is 13.9. The summed E-state index contributed by atoms with van der Waals surface area (Å²) >= 11 is 12.5. The lowest BCUT2D eigenvalue weighted by Crippen LogP contribution is -2.48. The number of carbonyl (C=O) groups is 2. The van der Waals surface area contributed by atoms with Crippen molar-refractivity contribution in [1.29, 1.82) is 0 Å². The van der Waals surface area contributed by atoms with Crippen molar-refractivity contribution in [2.75, 3.05) is 23.3 Å². The number of fused-ring (bicyclic) bond motifs is 3. The first-order valence-electron chi connectivity index (χ1n) is 13.0. The first-order chi connectivity index (χ1) is 18.9. The van der Waals surface area contributed by atoms with Crippen LogP contribution < -0.4 is 10.2 Å². The SMILES string of the molecule is CCCCN(CC(=O)N1c2ccccc2-n2cccc2C1c1ccc(C)cc1)C(=O)Nc1cccc(Cl)c1Cl. The van der Waals surface area contributed by atoms with Gasteiger partial charge in [-0.2, -0.15) is 0 Å². The fourth-order valence-electron chi connectivity index (χ4n) is 4.96. The number of urea groups is 1. The first kappa shape index (κ1) is 26.9.